The molecule has 0 saturated heterocycles. The molecule has 3 atom stereocenters. The summed E-state index contributed by atoms with van der Waals surface area (Å²) in [5.74, 6) is -0.207. The number of quaternary nitrogens is 1. The van der Waals surface area contributed by atoms with Gasteiger partial charge in [-0.05, 0) is 83.5 Å². The lowest BCUT2D eigenvalue weighted by atomic mass is 10.0. The van der Waals surface area contributed by atoms with Crippen molar-refractivity contribution in [2.75, 3.05) is 40.9 Å². The molecule has 0 aromatic rings. The summed E-state index contributed by atoms with van der Waals surface area (Å²) in [6.45, 7) is 4.55. The second kappa shape index (κ2) is 65.1. The number of nitrogens with one attached hydrogen (secondary N) is 1. The highest BCUT2D eigenvalue weighted by Gasteiger charge is 2.23. The SMILES string of the molecule is CC/C=C\C/C=C\C/C=C\C/C=C\CCCCCCCCCCCCCCCCCCCCCCCCC(=O)NC(COP(=O)([O-])OCC[N+](C)(C)C)C(O)/C=C/CC/C=C/CC/C=C/CCCCCCCCCCCCCCCCCCC. The summed E-state index contributed by atoms with van der Waals surface area (Å²) in [6.07, 6.45) is 92.9. The van der Waals surface area contributed by atoms with E-state index in [1.165, 1.54) is 244 Å². The first kappa shape index (κ1) is 81.7. The molecule has 0 radical (unpaired) electrons. The Morgan fingerprint density at radius 3 is 1.11 bits per heavy atom. The second-order valence-corrected chi connectivity index (χ2v) is 27.0. The summed E-state index contributed by atoms with van der Waals surface area (Å²) < 4.78 is 23.4. The van der Waals surface area contributed by atoms with E-state index in [9.17, 15) is 19.4 Å². The first-order valence-corrected chi connectivity index (χ1v) is 37.4. The van der Waals surface area contributed by atoms with E-state index >= 15 is 0 Å². The van der Waals surface area contributed by atoms with E-state index in [-0.39, 0.29) is 12.5 Å². The number of carbonyl (C=O) groups excluding carboxylic acids is 1. The van der Waals surface area contributed by atoms with Gasteiger partial charge in [0.25, 0.3) is 7.82 Å². The Morgan fingerprint density at radius 2 is 0.738 bits per heavy atom. The van der Waals surface area contributed by atoms with Gasteiger partial charge in [0.05, 0.1) is 39.9 Å². The van der Waals surface area contributed by atoms with Crippen LogP contribution < -0.4 is 10.2 Å². The minimum Gasteiger partial charge on any atom is -0.756 e. The second-order valence-electron chi connectivity index (χ2n) is 25.5. The molecule has 3 unspecified atom stereocenters. The fourth-order valence-corrected chi connectivity index (χ4v) is 11.3. The topological polar surface area (TPSA) is 108 Å². The number of hydrogen-bond donors (Lipinski definition) is 2. The largest absolute Gasteiger partial charge is 0.756 e. The molecule has 0 aliphatic heterocycles. The highest BCUT2D eigenvalue weighted by atomic mass is 31.2. The number of amides is 1. The molecule has 0 aromatic carbocycles. The van der Waals surface area contributed by atoms with Gasteiger partial charge in [-0.1, -0.05) is 330 Å². The summed E-state index contributed by atoms with van der Waals surface area (Å²) in [4.78, 5) is 25.6. The highest BCUT2D eigenvalue weighted by molar-refractivity contribution is 7.45. The molecule has 84 heavy (non-hydrogen) atoms. The predicted molar refractivity (Wildman–Crippen MR) is 367 cm³/mol. The number of aliphatic hydroxyl groups excluding tert-OH is 1. The molecule has 8 nitrogen and oxygen atoms in total. The lowest BCUT2D eigenvalue weighted by Crippen LogP contribution is -2.45. The molecular formula is C75H139N2O6P. The molecule has 0 aliphatic carbocycles. The van der Waals surface area contributed by atoms with Crippen LogP contribution in [0.4, 0.5) is 0 Å². The number of carbonyl (C=O) groups is 1. The number of phosphoric ester groups is 1. The van der Waals surface area contributed by atoms with Crippen molar-refractivity contribution in [2.24, 2.45) is 0 Å². The van der Waals surface area contributed by atoms with Crippen LogP contribution in [0.1, 0.15) is 335 Å². The van der Waals surface area contributed by atoms with E-state index in [1.54, 1.807) is 6.08 Å². The summed E-state index contributed by atoms with van der Waals surface area (Å²) in [7, 11) is 1.24. The molecular weight excluding hydrogens is 1060 g/mol. The standard InChI is InChI=1S/C75H139N2O6P/c1-6-8-10-12-14-16-18-20-22-24-26-28-30-32-34-35-36-37-38-39-40-41-43-45-47-49-51-53-55-57-59-61-63-65-67-69-75(79)76-73(72-83-84(80,81)82-71-70-77(3,4)5)74(78)68-66-64-62-60-58-56-54-52-50-48-46-44-42-33-31-29-27-25-23-21-19-17-15-13-11-9-7-2/h8,10,14,16,20,22,26,28,50,52,58,60,66,68,73-74,78H,6-7,9,11-13,15,17-19,21,23-25,27,29-49,51,53-57,59,61-65,67,69-72H2,1-5H3,(H-,76,79,80,81)/b10-8-,16-14-,22-20-,28-26-,52-50+,60-58+,68-66+. The van der Waals surface area contributed by atoms with Gasteiger partial charge in [0.15, 0.2) is 0 Å². The van der Waals surface area contributed by atoms with Gasteiger partial charge in [-0.25, -0.2) is 0 Å². The van der Waals surface area contributed by atoms with E-state index < -0.39 is 26.6 Å². The van der Waals surface area contributed by atoms with Crippen LogP contribution in [0.2, 0.25) is 0 Å². The minimum atomic E-state index is -4.62. The van der Waals surface area contributed by atoms with Crippen molar-refractivity contribution in [3.05, 3.63) is 85.1 Å². The van der Waals surface area contributed by atoms with E-state index in [0.29, 0.717) is 17.4 Å². The zero-order valence-electron chi connectivity index (χ0n) is 56.1. The Bertz CT molecular complexity index is 1650. The molecule has 0 aromatic heterocycles. The Hall–Kier alpha value is -2.32. The predicted octanol–water partition coefficient (Wildman–Crippen LogP) is 22.5. The van der Waals surface area contributed by atoms with Gasteiger partial charge in [0.1, 0.15) is 13.2 Å². The Balaban J connectivity index is 4.07. The molecule has 0 fully saturated rings. The smallest absolute Gasteiger partial charge is 0.268 e. The number of likely N-dealkylation sites (N-methyl/N-ethyl adjacent to an activating group) is 1. The van der Waals surface area contributed by atoms with Crippen molar-refractivity contribution >= 4 is 13.7 Å². The number of rotatable bonds is 66. The molecule has 0 spiro atoms. The minimum absolute atomic E-state index is 0.00985. The van der Waals surface area contributed by atoms with Crippen molar-refractivity contribution in [1.82, 2.24) is 5.32 Å². The van der Waals surface area contributed by atoms with E-state index in [1.807, 2.05) is 27.2 Å². The number of allylic oxidation sites excluding steroid dienone is 13. The summed E-state index contributed by atoms with van der Waals surface area (Å²) in [5, 5.41) is 13.9. The van der Waals surface area contributed by atoms with E-state index in [2.05, 4.69) is 92.1 Å². The fourth-order valence-electron chi connectivity index (χ4n) is 10.5. The number of hydrogen-bond acceptors (Lipinski definition) is 6. The summed E-state index contributed by atoms with van der Waals surface area (Å²) >= 11 is 0. The van der Waals surface area contributed by atoms with Gasteiger partial charge in [-0.2, -0.15) is 0 Å². The molecule has 490 valence electrons. The molecule has 0 aliphatic rings. The maximum Gasteiger partial charge on any atom is 0.268 e. The zero-order chi connectivity index (χ0) is 61.2. The third-order valence-electron chi connectivity index (χ3n) is 16.1. The average Bonchev–Trinajstić information content (AvgIpc) is 3.56. The summed E-state index contributed by atoms with van der Waals surface area (Å²) in [6, 6.07) is -0.914. The maximum absolute atomic E-state index is 13.0. The molecule has 2 N–H and O–H groups in total. The van der Waals surface area contributed by atoms with Crippen molar-refractivity contribution in [3.8, 4) is 0 Å². The number of nitrogens with zero attached hydrogens (tertiary/aromatic N) is 1. The molecule has 0 bridgehead atoms. The lowest BCUT2D eigenvalue weighted by Gasteiger charge is -2.29. The van der Waals surface area contributed by atoms with Gasteiger partial charge in [-0.3, -0.25) is 9.36 Å². The normalized spacial score (nSPS) is 14.1. The van der Waals surface area contributed by atoms with Crippen molar-refractivity contribution in [2.45, 2.75) is 347 Å². The first-order valence-electron chi connectivity index (χ1n) is 35.9. The summed E-state index contributed by atoms with van der Waals surface area (Å²) in [5.41, 5.74) is 0. The monoisotopic (exact) mass is 1200 g/mol. The van der Waals surface area contributed by atoms with Crippen LogP contribution in [-0.2, 0) is 18.4 Å². The fraction of sp³-hybridized carbons (Fsp3) is 0.800. The van der Waals surface area contributed by atoms with Gasteiger partial charge in [0.2, 0.25) is 5.91 Å². The van der Waals surface area contributed by atoms with Crippen molar-refractivity contribution in [1.29, 1.82) is 0 Å². The number of unbranched alkanes of at least 4 members (excludes halogenated alkanes) is 41. The average molecular weight is 1200 g/mol. The van der Waals surface area contributed by atoms with E-state index in [4.69, 9.17) is 9.05 Å². The third kappa shape index (κ3) is 67.2. The maximum atomic E-state index is 13.0. The Kier molecular flexibility index (Phi) is 63.3. The van der Waals surface area contributed by atoms with Gasteiger partial charge in [0, 0.05) is 6.42 Å². The van der Waals surface area contributed by atoms with Crippen LogP contribution in [-0.4, -0.2) is 68.5 Å². The quantitative estimate of drug-likeness (QED) is 0.0272. The molecule has 1 amide bonds. The molecule has 0 saturated carbocycles. The lowest BCUT2D eigenvalue weighted by molar-refractivity contribution is -0.870. The van der Waals surface area contributed by atoms with Crippen LogP contribution in [0, 0.1) is 0 Å². The van der Waals surface area contributed by atoms with Crippen molar-refractivity contribution < 1.29 is 32.9 Å². The van der Waals surface area contributed by atoms with Crippen molar-refractivity contribution in [3.63, 3.8) is 0 Å². The number of aliphatic hydroxyl groups is 1. The Labute approximate surface area is 522 Å². The van der Waals surface area contributed by atoms with Crippen LogP contribution in [0.3, 0.4) is 0 Å². The van der Waals surface area contributed by atoms with Gasteiger partial charge in [-0.15, -0.1) is 0 Å². The zero-order valence-corrected chi connectivity index (χ0v) is 57.0. The Morgan fingerprint density at radius 1 is 0.429 bits per heavy atom. The van der Waals surface area contributed by atoms with Crippen LogP contribution in [0.15, 0.2) is 85.1 Å². The third-order valence-corrected chi connectivity index (χ3v) is 17.0. The van der Waals surface area contributed by atoms with Crippen LogP contribution >= 0.6 is 7.82 Å². The van der Waals surface area contributed by atoms with Gasteiger partial charge < -0.3 is 28.8 Å². The van der Waals surface area contributed by atoms with Crippen LogP contribution in [0.5, 0.6) is 0 Å². The molecule has 9 heteroatoms. The highest BCUT2D eigenvalue weighted by Crippen LogP contribution is 2.38. The van der Waals surface area contributed by atoms with E-state index in [0.717, 1.165) is 70.6 Å². The van der Waals surface area contributed by atoms with Crippen LogP contribution in [0.25, 0.3) is 0 Å². The molecule has 0 rings (SSSR count). The first-order chi connectivity index (χ1) is 41.0. The molecule has 0 heterocycles. The van der Waals surface area contributed by atoms with Gasteiger partial charge >= 0.3 is 0 Å². The number of phosphoric acid groups is 1.